The Hall–Kier alpha value is -1.82. The minimum atomic E-state index is 0.823. The average molecular weight is 651 g/mol. The summed E-state index contributed by atoms with van der Waals surface area (Å²) in [5, 5.41) is 14.2. The van der Waals surface area contributed by atoms with Crippen LogP contribution in [0.15, 0.2) is 36.4 Å². The summed E-state index contributed by atoms with van der Waals surface area (Å²) in [5.74, 6) is 5.74. The molecule has 0 saturated heterocycles. The highest BCUT2D eigenvalue weighted by Crippen LogP contribution is 2.25. The molecule has 250 valence electrons. The third-order valence-electron chi connectivity index (χ3n) is 7.34. The van der Waals surface area contributed by atoms with E-state index in [0.29, 0.717) is 0 Å². The molecule has 44 heavy (non-hydrogen) atoms. The molecule has 0 bridgehead atoms. The Labute approximate surface area is 275 Å². The van der Waals surface area contributed by atoms with E-state index in [1.54, 1.807) is 28.4 Å². The van der Waals surface area contributed by atoms with E-state index in [1.165, 1.54) is 74.0 Å². The van der Waals surface area contributed by atoms with Crippen LogP contribution in [0.4, 0.5) is 0 Å². The van der Waals surface area contributed by atoms with Crippen molar-refractivity contribution in [3.8, 4) is 23.0 Å². The number of hydrogen-bond acceptors (Lipinski definition) is 10. The zero-order valence-electron chi connectivity index (χ0n) is 27.6. The van der Waals surface area contributed by atoms with Gasteiger partial charge in [-0.2, -0.15) is 0 Å². The van der Waals surface area contributed by atoms with Gasteiger partial charge in [0.2, 0.25) is 0 Å². The molecule has 2 aromatic rings. The molecular weight excluding hydrogens is 593 g/mol. The number of nitrogens with one attached hydrogen (secondary N) is 4. The van der Waals surface area contributed by atoms with Crippen LogP contribution in [0.1, 0.15) is 62.5 Å². The molecule has 0 radical (unpaired) electrons. The van der Waals surface area contributed by atoms with E-state index in [0.717, 1.165) is 75.4 Å². The van der Waals surface area contributed by atoms with Crippen LogP contribution in [0.5, 0.6) is 23.0 Å². The van der Waals surface area contributed by atoms with Gasteiger partial charge in [-0.3, -0.25) is 0 Å². The van der Waals surface area contributed by atoms with E-state index in [1.807, 2.05) is 45.9 Å². The lowest BCUT2D eigenvalue weighted by Gasteiger charge is -2.11. The van der Waals surface area contributed by atoms with E-state index < -0.39 is 0 Å². The fourth-order valence-electron chi connectivity index (χ4n) is 4.74. The van der Waals surface area contributed by atoms with Crippen molar-refractivity contribution in [3.63, 3.8) is 0 Å². The van der Waals surface area contributed by atoms with Gasteiger partial charge in [0.15, 0.2) is 0 Å². The second kappa shape index (κ2) is 26.4. The van der Waals surface area contributed by atoms with Gasteiger partial charge in [0.25, 0.3) is 0 Å². The van der Waals surface area contributed by atoms with Crippen molar-refractivity contribution in [1.29, 1.82) is 0 Å². The highest BCUT2D eigenvalue weighted by atomic mass is 33.1. The van der Waals surface area contributed by atoms with E-state index in [4.69, 9.17) is 18.9 Å². The van der Waals surface area contributed by atoms with Crippen molar-refractivity contribution < 1.29 is 18.9 Å². The first-order valence-electron chi connectivity index (χ1n) is 16.2. The van der Waals surface area contributed by atoms with Gasteiger partial charge in [-0.15, -0.1) is 0 Å². The van der Waals surface area contributed by atoms with Gasteiger partial charge < -0.3 is 40.2 Å². The van der Waals surface area contributed by atoms with Crippen LogP contribution in [0, 0.1) is 0 Å². The van der Waals surface area contributed by atoms with Crippen molar-refractivity contribution >= 4 is 21.6 Å². The van der Waals surface area contributed by atoms with Crippen LogP contribution < -0.4 is 40.2 Å². The molecule has 0 unspecified atom stereocenters. The molecule has 0 atom stereocenters. The Morgan fingerprint density at radius 2 is 0.841 bits per heavy atom. The third kappa shape index (κ3) is 17.6. The van der Waals surface area contributed by atoms with Crippen molar-refractivity contribution in [1.82, 2.24) is 21.3 Å². The van der Waals surface area contributed by atoms with Crippen LogP contribution in [0.2, 0.25) is 0 Å². The molecule has 0 aliphatic heterocycles. The Morgan fingerprint density at radius 3 is 1.20 bits per heavy atom. The van der Waals surface area contributed by atoms with Gasteiger partial charge in [-0.1, -0.05) is 59.4 Å². The van der Waals surface area contributed by atoms with Crippen molar-refractivity contribution in [2.75, 3.05) is 79.2 Å². The largest absolute Gasteiger partial charge is 0.497 e. The molecule has 0 aliphatic carbocycles. The molecule has 0 heterocycles. The summed E-state index contributed by atoms with van der Waals surface area (Å²) in [7, 11) is 10.7. The highest BCUT2D eigenvalue weighted by Gasteiger charge is 2.05. The van der Waals surface area contributed by atoms with Crippen LogP contribution >= 0.6 is 21.6 Å². The summed E-state index contributed by atoms with van der Waals surface area (Å²) in [6.45, 7) is 8.15. The summed E-state index contributed by atoms with van der Waals surface area (Å²) in [5.41, 5.74) is 2.33. The van der Waals surface area contributed by atoms with Crippen molar-refractivity contribution in [2.45, 2.75) is 64.5 Å². The molecule has 0 amide bonds. The van der Waals surface area contributed by atoms with Gasteiger partial charge in [0.1, 0.15) is 23.0 Å². The minimum Gasteiger partial charge on any atom is -0.497 e. The van der Waals surface area contributed by atoms with Crippen LogP contribution in [-0.2, 0) is 13.1 Å². The topological polar surface area (TPSA) is 85.0 Å². The Bertz CT molecular complexity index is 909. The van der Waals surface area contributed by atoms with Crippen LogP contribution in [0.3, 0.4) is 0 Å². The Balaban J connectivity index is 1.26. The smallest absolute Gasteiger partial charge is 0.127 e. The van der Waals surface area contributed by atoms with Crippen LogP contribution in [-0.4, -0.2) is 79.2 Å². The monoisotopic (exact) mass is 650 g/mol. The van der Waals surface area contributed by atoms with Gasteiger partial charge in [0, 0.05) is 60.9 Å². The standard InChI is InChI=1S/C34H58N4O4S2/c1-39-31-15-13-29(33(25-31)41-3)27-37-19-11-7-5-9-17-35-21-23-43-44-24-22-36-18-10-6-8-12-20-38-28-30-14-16-32(40-2)26-34(30)42-4/h13-16,25-26,35-38H,5-12,17-24,27-28H2,1-4H3. The minimum absolute atomic E-state index is 0.823. The van der Waals surface area contributed by atoms with E-state index in [2.05, 4.69) is 33.4 Å². The SMILES string of the molecule is COc1ccc(CNCCCCCCNCCSSCCNCCCCCCNCc2ccc(OC)cc2OC)c(OC)c1. The first-order valence-corrected chi connectivity index (χ1v) is 18.7. The molecule has 0 fully saturated rings. The van der Waals surface area contributed by atoms with Gasteiger partial charge in [-0.05, 0) is 64.0 Å². The number of hydrogen-bond donors (Lipinski definition) is 4. The summed E-state index contributed by atoms with van der Waals surface area (Å²) >= 11 is 0. The number of ether oxygens (including phenoxy) is 4. The van der Waals surface area contributed by atoms with E-state index in [-0.39, 0.29) is 0 Å². The normalized spacial score (nSPS) is 11.1. The maximum absolute atomic E-state index is 5.47. The number of methoxy groups -OCH3 is 4. The first-order chi connectivity index (χ1) is 21.7. The molecular formula is C34H58N4O4S2. The van der Waals surface area contributed by atoms with Crippen molar-refractivity contribution in [2.24, 2.45) is 0 Å². The molecule has 0 saturated carbocycles. The quantitative estimate of drug-likeness (QED) is 0.0596. The summed E-state index contributed by atoms with van der Waals surface area (Å²) in [4.78, 5) is 0. The summed E-state index contributed by atoms with van der Waals surface area (Å²) in [6, 6.07) is 12.0. The zero-order valence-corrected chi connectivity index (χ0v) is 29.3. The van der Waals surface area contributed by atoms with Gasteiger partial charge in [-0.25, -0.2) is 0 Å². The van der Waals surface area contributed by atoms with Gasteiger partial charge in [0.05, 0.1) is 28.4 Å². The molecule has 2 rings (SSSR count). The number of rotatable bonds is 29. The van der Waals surface area contributed by atoms with E-state index >= 15 is 0 Å². The second-order valence-corrected chi connectivity index (χ2v) is 13.4. The zero-order chi connectivity index (χ0) is 31.5. The fourth-order valence-corrected chi connectivity index (χ4v) is 6.64. The maximum Gasteiger partial charge on any atom is 0.127 e. The molecule has 8 nitrogen and oxygen atoms in total. The third-order valence-corrected chi connectivity index (χ3v) is 9.75. The summed E-state index contributed by atoms with van der Waals surface area (Å²) < 4.78 is 21.5. The summed E-state index contributed by atoms with van der Waals surface area (Å²) in [6.07, 6.45) is 10.0. The van der Waals surface area contributed by atoms with E-state index in [9.17, 15) is 0 Å². The molecule has 4 N–H and O–H groups in total. The van der Waals surface area contributed by atoms with Gasteiger partial charge >= 0.3 is 0 Å². The lowest BCUT2D eigenvalue weighted by Crippen LogP contribution is -2.19. The molecule has 0 aliphatic rings. The predicted molar refractivity (Wildman–Crippen MR) is 190 cm³/mol. The van der Waals surface area contributed by atoms with Crippen molar-refractivity contribution in [3.05, 3.63) is 47.5 Å². The van der Waals surface area contributed by atoms with Crippen LogP contribution in [0.25, 0.3) is 0 Å². The number of unbranched alkanes of at least 4 members (excludes halogenated alkanes) is 6. The number of benzene rings is 2. The molecule has 0 aromatic heterocycles. The molecule has 2 aromatic carbocycles. The predicted octanol–water partition coefficient (Wildman–Crippen LogP) is 6.28. The fraction of sp³-hybridized carbons (Fsp3) is 0.647. The maximum atomic E-state index is 5.47. The Morgan fingerprint density at radius 1 is 0.455 bits per heavy atom. The Kier molecular flexibility index (Phi) is 23.0. The molecule has 10 heteroatoms. The lowest BCUT2D eigenvalue weighted by atomic mass is 10.1. The molecule has 0 spiro atoms. The first kappa shape index (κ1) is 38.4. The average Bonchev–Trinajstić information content (AvgIpc) is 3.06. The highest BCUT2D eigenvalue weighted by molar-refractivity contribution is 8.76. The second-order valence-electron chi connectivity index (χ2n) is 10.7. The lowest BCUT2D eigenvalue weighted by molar-refractivity contribution is 0.389.